The largest absolute Gasteiger partial charge is 0.316 e. The number of hydrogen-bond acceptors (Lipinski definition) is 4. The highest BCUT2D eigenvalue weighted by Gasteiger charge is 2.11. The fourth-order valence-corrected chi connectivity index (χ4v) is 4.30. The standard InChI is InChI=1S/C16H17BrN4OS2/c1-3-20-7-6-12(19-20)15(22)18-16-21(8-9-23-2)13-5-4-11(17)10-14(13)24-16/h4-7,10H,3,8-9H2,1-2H3. The van der Waals surface area contributed by atoms with Gasteiger partial charge in [-0.3, -0.25) is 9.48 Å². The van der Waals surface area contributed by atoms with Gasteiger partial charge in [-0.15, -0.1) is 0 Å². The van der Waals surface area contributed by atoms with Crippen molar-refractivity contribution in [3.8, 4) is 0 Å². The monoisotopic (exact) mass is 424 g/mol. The second-order valence-electron chi connectivity index (χ2n) is 5.11. The van der Waals surface area contributed by atoms with Crippen molar-refractivity contribution in [2.24, 2.45) is 4.99 Å². The summed E-state index contributed by atoms with van der Waals surface area (Å²) >= 11 is 6.80. The molecule has 1 amide bonds. The molecule has 126 valence electrons. The first-order valence-electron chi connectivity index (χ1n) is 7.52. The Morgan fingerprint density at radius 2 is 2.25 bits per heavy atom. The van der Waals surface area contributed by atoms with Crippen LogP contribution >= 0.6 is 39.0 Å². The zero-order valence-electron chi connectivity index (χ0n) is 13.4. The van der Waals surface area contributed by atoms with E-state index in [1.54, 1.807) is 28.7 Å². The molecule has 3 rings (SSSR count). The summed E-state index contributed by atoms with van der Waals surface area (Å²) in [5.41, 5.74) is 1.48. The average Bonchev–Trinajstić information content (AvgIpc) is 3.17. The number of thioether (sulfide) groups is 1. The maximum absolute atomic E-state index is 12.4. The predicted molar refractivity (Wildman–Crippen MR) is 104 cm³/mol. The predicted octanol–water partition coefficient (Wildman–Crippen LogP) is 3.79. The number of halogens is 1. The molecule has 0 aliphatic heterocycles. The summed E-state index contributed by atoms with van der Waals surface area (Å²) in [7, 11) is 0. The van der Waals surface area contributed by atoms with Crippen LogP contribution in [-0.2, 0) is 13.1 Å². The van der Waals surface area contributed by atoms with Crippen molar-refractivity contribution in [3.05, 3.63) is 45.4 Å². The molecule has 0 spiro atoms. The number of carbonyl (C=O) groups excluding carboxylic acids is 1. The van der Waals surface area contributed by atoms with Gasteiger partial charge in [0.25, 0.3) is 5.91 Å². The van der Waals surface area contributed by atoms with Crippen molar-refractivity contribution in [2.45, 2.75) is 20.0 Å². The molecule has 24 heavy (non-hydrogen) atoms. The summed E-state index contributed by atoms with van der Waals surface area (Å²) < 4.78 is 5.97. The maximum atomic E-state index is 12.4. The maximum Gasteiger partial charge on any atom is 0.300 e. The second kappa shape index (κ2) is 7.67. The van der Waals surface area contributed by atoms with Gasteiger partial charge in [0, 0.05) is 29.5 Å². The van der Waals surface area contributed by atoms with Crippen LogP contribution < -0.4 is 4.80 Å². The first-order chi connectivity index (χ1) is 11.6. The minimum Gasteiger partial charge on any atom is -0.316 e. The lowest BCUT2D eigenvalue weighted by molar-refractivity contribution is 0.0992. The van der Waals surface area contributed by atoms with Gasteiger partial charge >= 0.3 is 0 Å². The molecule has 0 N–H and O–H groups in total. The molecule has 0 saturated carbocycles. The van der Waals surface area contributed by atoms with Gasteiger partial charge in [-0.1, -0.05) is 27.3 Å². The van der Waals surface area contributed by atoms with Crippen molar-refractivity contribution < 1.29 is 4.79 Å². The lowest BCUT2D eigenvalue weighted by Crippen LogP contribution is -2.18. The van der Waals surface area contributed by atoms with Crippen LogP contribution in [0.5, 0.6) is 0 Å². The molecule has 3 aromatic rings. The van der Waals surface area contributed by atoms with Gasteiger partial charge in [0.2, 0.25) is 0 Å². The number of amides is 1. The molecule has 0 atom stereocenters. The van der Waals surface area contributed by atoms with E-state index in [4.69, 9.17) is 0 Å². The highest BCUT2D eigenvalue weighted by Crippen LogP contribution is 2.22. The van der Waals surface area contributed by atoms with E-state index in [1.165, 1.54) is 11.3 Å². The fraction of sp³-hybridized carbons (Fsp3) is 0.312. The minimum atomic E-state index is -0.300. The first-order valence-corrected chi connectivity index (χ1v) is 10.5. The Bertz CT molecular complexity index is 941. The number of fused-ring (bicyclic) bond motifs is 1. The zero-order chi connectivity index (χ0) is 17.1. The van der Waals surface area contributed by atoms with E-state index >= 15 is 0 Å². The lowest BCUT2D eigenvalue weighted by Gasteiger charge is -2.03. The highest BCUT2D eigenvalue weighted by atomic mass is 79.9. The van der Waals surface area contributed by atoms with Crippen LogP contribution in [0.15, 0.2) is 39.9 Å². The molecular formula is C16H17BrN4OS2. The number of hydrogen-bond donors (Lipinski definition) is 0. The summed E-state index contributed by atoms with van der Waals surface area (Å²) in [5, 5.41) is 4.24. The van der Waals surface area contributed by atoms with E-state index in [2.05, 4.69) is 49.0 Å². The quantitative estimate of drug-likeness (QED) is 0.625. The normalized spacial score (nSPS) is 12.2. The average molecular weight is 425 g/mol. The van der Waals surface area contributed by atoms with Crippen LogP contribution in [0.1, 0.15) is 17.4 Å². The smallest absolute Gasteiger partial charge is 0.300 e. The lowest BCUT2D eigenvalue weighted by atomic mass is 10.3. The van der Waals surface area contributed by atoms with Crippen LogP contribution in [0.4, 0.5) is 0 Å². The molecule has 1 aromatic carbocycles. The minimum absolute atomic E-state index is 0.300. The molecular weight excluding hydrogens is 408 g/mol. The van der Waals surface area contributed by atoms with Gasteiger partial charge in [0.1, 0.15) is 0 Å². The SMILES string of the molecule is CCn1ccc(C(=O)N=c2sc3cc(Br)ccc3n2CCSC)n1. The molecule has 8 heteroatoms. The molecule has 2 aromatic heterocycles. The molecule has 0 unspecified atom stereocenters. The van der Waals surface area contributed by atoms with Gasteiger partial charge in [0.15, 0.2) is 10.5 Å². The van der Waals surface area contributed by atoms with Crippen LogP contribution in [0, 0.1) is 0 Å². The summed E-state index contributed by atoms with van der Waals surface area (Å²) in [6.07, 6.45) is 3.87. The molecule has 0 aliphatic rings. The number of benzene rings is 1. The summed E-state index contributed by atoms with van der Waals surface area (Å²) in [4.78, 5) is 17.5. The third-order valence-corrected chi connectivity index (χ3v) is 5.67. The van der Waals surface area contributed by atoms with Crippen LogP contribution in [-0.4, -0.2) is 32.3 Å². The van der Waals surface area contributed by atoms with Crippen LogP contribution in [0.3, 0.4) is 0 Å². The van der Waals surface area contributed by atoms with E-state index in [0.29, 0.717) is 10.5 Å². The number of aromatic nitrogens is 3. The third kappa shape index (κ3) is 3.65. The Morgan fingerprint density at radius 1 is 1.42 bits per heavy atom. The molecule has 2 heterocycles. The van der Waals surface area contributed by atoms with E-state index in [0.717, 1.165) is 33.5 Å². The van der Waals surface area contributed by atoms with Crippen LogP contribution in [0.25, 0.3) is 10.2 Å². The molecule has 0 aliphatic carbocycles. The van der Waals surface area contributed by atoms with Crippen LogP contribution in [0.2, 0.25) is 0 Å². The fourth-order valence-electron chi connectivity index (χ4n) is 2.33. The molecule has 5 nitrogen and oxygen atoms in total. The summed E-state index contributed by atoms with van der Waals surface area (Å²) in [6, 6.07) is 7.85. The highest BCUT2D eigenvalue weighted by molar-refractivity contribution is 9.10. The summed E-state index contributed by atoms with van der Waals surface area (Å²) in [6.45, 7) is 3.54. The topological polar surface area (TPSA) is 52.2 Å². The van der Waals surface area contributed by atoms with Crippen molar-refractivity contribution in [2.75, 3.05) is 12.0 Å². The first kappa shape index (κ1) is 17.4. The zero-order valence-corrected chi connectivity index (χ0v) is 16.6. The Kier molecular flexibility index (Phi) is 5.57. The molecule has 0 fully saturated rings. The van der Waals surface area contributed by atoms with E-state index < -0.39 is 0 Å². The van der Waals surface area contributed by atoms with Gasteiger partial charge < -0.3 is 4.57 Å². The summed E-state index contributed by atoms with van der Waals surface area (Å²) in [5.74, 6) is 0.666. The van der Waals surface area contributed by atoms with Crippen molar-refractivity contribution in [1.29, 1.82) is 0 Å². The van der Waals surface area contributed by atoms with Crippen molar-refractivity contribution in [1.82, 2.24) is 14.3 Å². The van der Waals surface area contributed by atoms with Gasteiger partial charge in [0.05, 0.1) is 10.2 Å². The van der Waals surface area contributed by atoms with Gasteiger partial charge in [-0.25, -0.2) is 0 Å². The van der Waals surface area contributed by atoms with Crippen molar-refractivity contribution >= 4 is 55.2 Å². The number of carbonyl (C=O) groups is 1. The Morgan fingerprint density at radius 3 is 2.96 bits per heavy atom. The Labute approximate surface area is 156 Å². The van der Waals surface area contributed by atoms with Gasteiger partial charge in [-0.05, 0) is 37.4 Å². The number of rotatable bonds is 5. The number of nitrogens with zero attached hydrogens (tertiary/aromatic N) is 4. The Balaban J connectivity index is 2.07. The van der Waals surface area contributed by atoms with E-state index in [-0.39, 0.29) is 5.91 Å². The van der Waals surface area contributed by atoms with E-state index in [9.17, 15) is 4.79 Å². The second-order valence-corrected chi connectivity index (χ2v) is 8.03. The van der Waals surface area contributed by atoms with Gasteiger partial charge in [-0.2, -0.15) is 21.9 Å². The number of thiazole rings is 1. The Hall–Kier alpha value is -1.38. The molecule has 0 radical (unpaired) electrons. The van der Waals surface area contributed by atoms with E-state index in [1.807, 2.05) is 13.0 Å². The van der Waals surface area contributed by atoms with Crippen molar-refractivity contribution in [3.63, 3.8) is 0 Å². The molecule has 0 bridgehead atoms. The number of aryl methyl sites for hydroxylation is 2. The molecule has 0 saturated heterocycles. The third-order valence-electron chi connectivity index (χ3n) is 3.54.